The summed E-state index contributed by atoms with van der Waals surface area (Å²) in [7, 11) is 0. The van der Waals surface area contributed by atoms with Crippen LogP contribution in [0.1, 0.15) is 0 Å². The molecule has 0 aromatic heterocycles. The van der Waals surface area contributed by atoms with E-state index < -0.39 is 11.4 Å². The fourth-order valence-electron chi connectivity index (χ4n) is 1.44. The smallest absolute Gasteiger partial charge is 0.141 e. The lowest BCUT2D eigenvalue weighted by molar-refractivity contribution is 0.441. The van der Waals surface area contributed by atoms with Gasteiger partial charge >= 0.3 is 0 Å². The minimum absolute atomic E-state index is 0.222. The molecule has 0 aliphatic carbocycles. The highest BCUT2D eigenvalue weighted by atomic mass is 32.2. The van der Waals surface area contributed by atoms with E-state index in [0.29, 0.717) is 5.69 Å². The van der Waals surface area contributed by atoms with Gasteiger partial charge in [0.15, 0.2) is 0 Å². The number of anilines is 1. The first-order valence-corrected chi connectivity index (χ1v) is 5.22. The Kier molecular flexibility index (Phi) is 2.57. The van der Waals surface area contributed by atoms with E-state index in [9.17, 15) is 8.76 Å². The Morgan fingerprint density at radius 1 is 1.27 bits per heavy atom. The molecule has 0 spiro atoms. The van der Waals surface area contributed by atoms with Crippen LogP contribution in [0, 0.1) is 0 Å². The van der Waals surface area contributed by atoms with Crippen LogP contribution in [0.15, 0.2) is 36.4 Å². The monoisotopic (exact) mass is 222 g/mol. The standard InChI is InChI=1S/C10H9NO3S/c11-10-6-8(14-15(12)13)5-7-3-1-2-4-9(7)10/h1-6H,11H2,(H,12,13)/p-1. The molecule has 2 aromatic rings. The summed E-state index contributed by atoms with van der Waals surface area (Å²) >= 11 is -2.57. The Hall–Kier alpha value is -1.59. The first-order chi connectivity index (χ1) is 7.16. The van der Waals surface area contributed by atoms with Crippen molar-refractivity contribution in [3.63, 3.8) is 0 Å². The summed E-state index contributed by atoms with van der Waals surface area (Å²) in [6.45, 7) is 0. The van der Waals surface area contributed by atoms with Gasteiger partial charge in [0.1, 0.15) is 17.1 Å². The second-order valence-electron chi connectivity index (χ2n) is 3.02. The maximum absolute atomic E-state index is 10.4. The molecule has 5 heteroatoms. The van der Waals surface area contributed by atoms with Gasteiger partial charge in [0, 0.05) is 17.1 Å². The molecule has 0 bridgehead atoms. The van der Waals surface area contributed by atoms with Gasteiger partial charge in [-0.2, -0.15) is 0 Å². The van der Waals surface area contributed by atoms with Crippen LogP contribution < -0.4 is 9.92 Å². The Labute approximate surface area is 89.2 Å². The first-order valence-electron chi connectivity index (χ1n) is 4.22. The molecule has 0 radical (unpaired) electrons. The van der Waals surface area contributed by atoms with Crippen molar-refractivity contribution in [2.24, 2.45) is 0 Å². The normalized spacial score (nSPS) is 12.6. The summed E-state index contributed by atoms with van der Waals surface area (Å²) in [5.41, 5.74) is 6.25. The average Bonchev–Trinajstić information content (AvgIpc) is 2.16. The first kappa shape index (κ1) is 9.95. The third-order valence-corrected chi connectivity index (χ3v) is 2.36. The zero-order valence-corrected chi connectivity index (χ0v) is 8.49. The van der Waals surface area contributed by atoms with E-state index in [1.54, 1.807) is 6.07 Å². The number of hydrogen-bond donors (Lipinski definition) is 1. The molecular formula is C10H8NO3S-. The predicted octanol–water partition coefficient (Wildman–Crippen LogP) is 1.59. The van der Waals surface area contributed by atoms with Crippen LogP contribution in [-0.4, -0.2) is 8.76 Å². The van der Waals surface area contributed by atoms with E-state index in [-0.39, 0.29) is 5.75 Å². The highest BCUT2D eigenvalue weighted by Crippen LogP contribution is 2.27. The summed E-state index contributed by atoms with van der Waals surface area (Å²) < 4.78 is 25.2. The van der Waals surface area contributed by atoms with E-state index >= 15 is 0 Å². The van der Waals surface area contributed by atoms with Gasteiger partial charge in [-0.15, -0.1) is 0 Å². The van der Waals surface area contributed by atoms with Crippen molar-refractivity contribution in [2.75, 3.05) is 5.73 Å². The van der Waals surface area contributed by atoms with Crippen molar-refractivity contribution in [1.29, 1.82) is 0 Å². The van der Waals surface area contributed by atoms with Crippen LogP contribution >= 0.6 is 0 Å². The molecule has 1 atom stereocenters. The predicted molar refractivity (Wildman–Crippen MR) is 57.9 cm³/mol. The average molecular weight is 222 g/mol. The highest BCUT2D eigenvalue weighted by molar-refractivity contribution is 7.74. The van der Waals surface area contributed by atoms with Gasteiger partial charge in [-0.3, -0.25) is 0 Å². The second-order valence-corrected chi connectivity index (χ2v) is 3.60. The van der Waals surface area contributed by atoms with Crippen molar-refractivity contribution < 1.29 is 12.9 Å². The Morgan fingerprint density at radius 3 is 2.73 bits per heavy atom. The zero-order valence-electron chi connectivity index (χ0n) is 7.67. The highest BCUT2D eigenvalue weighted by Gasteiger charge is 2.01. The fraction of sp³-hybridized carbons (Fsp3) is 0. The lowest BCUT2D eigenvalue weighted by Gasteiger charge is -2.09. The molecule has 2 aromatic carbocycles. The van der Waals surface area contributed by atoms with Crippen molar-refractivity contribution in [3.8, 4) is 5.75 Å². The molecule has 0 aliphatic heterocycles. The van der Waals surface area contributed by atoms with Crippen molar-refractivity contribution in [1.82, 2.24) is 0 Å². The van der Waals surface area contributed by atoms with Crippen LogP contribution in [0.25, 0.3) is 10.8 Å². The van der Waals surface area contributed by atoms with Gasteiger partial charge in [-0.1, -0.05) is 24.3 Å². The number of nitrogen functional groups attached to an aromatic ring is 1. The van der Waals surface area contributed by atoms with Crippen LogP contribution in [-0.2, 0) is 11.4 Å². The van der Waals surface area contributed by atoms with Gasteiger partial charge in [0.2, 0.25) is 0 Å². The third kappa shape index (κ3) is 2.08. The summed E-state index contributed by atoms with van der Waals surface area (Å²) in [5.74, 6) is 0.222. The van der Waals surface area contributed by atoms with E-state index in [0.717, 1.165) is 10.8 Å². The number of nitrogens with two attached hydrogens (primary N) is 1. The van der Waals surface area contributed by atoms with Gasteiger partial charge in [0.25, 0.3) is 0 Å². The molecule has 2 rings (SSSR count). The largest absolute Gasteiger partial charge is 0.740 e. The molecule has 0 fully saturated rings. The number of fused-ring (bicyclic) bond motifs is 1. The van der Waals surface area contributed by atoms with Gasteiger partial charge in [-0.05, 0) is 11.5 Å². The molecule has 4 nitrogen and oxygen atoms in total. The van der Waals surface area contributed by atoms with Crippen LogP contribution in [0.3, 0.4) is 0 Å². The summed E-state index contributed by atoms with van der Waals surface area (Å²) in [6.07, 6.45) is 0. The molecule has 2 N–H and O–H groups in total. The van der Waals surface area contributed by atoms with Gasteiger partial charge < -0.3 is 14.5 Å². The van der Waals surface area contributed by atoms with E-state index in [2.05, 4.69) is 4.18 Å². The third-order valence-electron chi connectivity index (χ3n) is 2.03. The minimum Gasteiger partial charge on any atom is -0.740 e. The van der Waals surface area contributed by atoms with Crippen molar-refractivity contribution >= 4 is 27.8 Å². The maximum atomic E-state index is 10.4. The molecule has 0 saturated heterocycles. The Morgan fingerprint density at radius 2 is 2.00 bits per heavy atom. The minimum atomic E-state index is -2.57. The summed E-state index contributed by atoms with van der Waals surface area (Å²) in [5, 5.41) is 1.72. The summed E-state index contributed by atoms with van der Waals surface area (Å²) in [6, 6.07) is 10.5. The Balaban J connectivity index is 2.57. The second kappa shape index (κ2) is 3.88. The fourth-order valence-corrected chi connectivity index (χ4v) is 1.69. The summed E-state index contributed by atoms with van der Waals surface area (Å²) in [4.78, 5) is 0. The maximum Gasteiger partial charge on any atom is 0.141 e. The zero-order chi connectivity index (χ0) is 10.8. The van der Waals surface area contributed by atoms with Gasteiger partial charge in [-0.25, -0.2) is 4.21 Å². The van der Waals surface area contributed by atoms with Crippen LogP contribution in [0.4, 0.5) is 5.69 Å². The number of rotatable bonds is 2. The Bertz CT molecular complexity index is 527. The number of hydrogen-bond acceptors (Lipinski definition) is 4. The molecular weight excluding hydrogens is 214 g/mol. The van der Waals surface area contributed by atoms with Crippen LogP contribution in [0.2, 0.25) is 0 Å². The van der Waals surface area contributed by atoms with Crippen LogP contribution in [0.5, 0.6) is 5.75 Å². The quantitative estimate of drug-likeness (QED) is 0.618. The van der Waals surface area contributed by atoms with E-state index in [4.69, 9.17) is 5.73 Å². The number of benzene rings is 2. The molecule has 0 saturated carbocycles. The van der Waals surface area contributed by atoms with Gasteiger partial charge in [0.05, 0.1) is 0 Å². The molecule has 15 heavy (non-hydrogen) atoms. The molecule has 78 valence electrons. The van der Waals surface area contributed by atoms with Crippen molar-refractivity contribution in [3.05, 3.63) is 36.4 Å². The lowest BCUT2D eigenvalue weighted by Crippen LogP contribution is -1.98. The lowest BCUT2D eigenvalue weighted by atomic mass is 10.1. The van der Waals surface area contributed by atoms with E-state index in [1.807, 2.05) is 24.3 Å². The topological polar surface area (TPSA) is 75.4 Å². The van der Waals surface area contributed by atoms with E-state index in [1.165, 1.54) is 6.07 Å². The molecule has 0 amide bonds. The molecule has 0 heterocycles. The van der Waals surface area contributed by atoms with Crippen molar-refractivity contribution in [2.45, 2.75) is 0 Å². The molecule has 1 unspecified atom stereocenters. The molecule has 0 aliphatic rings. The SMILES string of the molecule is Nc1cc(OS(=O)[O-])cc2ccccc12.